The van der Waals surface area contributed by atoms with E-state index in [1.54, 1.807) is 18.3 Å². The summed E-state index contributed by atoms with van der Waals surface area (Å²) in [5.41, 5.74) is 6.44. The van der Waals surface area contributed by atoms with Crippen LogP contribution < -0.4 is 10.6 Å². The van der Waals surface area contributed by atoms with Crippen molar-refractivity contribution in [2.24, 2.45) is 5.73 Å². The Morgan fingerprint density at radius 3 is 2.80 bits per heavy atom. The van der Waals surface area contributed by atoms with E-state index in [0.717, 1.165) is 18.7 Å². The zero-order valence-corrected chi connectivity index (χ0v) is 8.09. The van der Waals surface area contributed by atoms with Crippen LogP contribution in [0.15, 0.2) is 18.3 Å². The summed E-state index contributed by atoms with van der Waals surface area (Å²) in [4.78, 5) is 27.2. The maximum Gasteiger partial charge on any atom is 0.240 e. The first-order valence-corrected chi connectivity index (χ1v) is 4.69. The van der Waals surface area contributed by atoms with Crippen molar-refractivity contribution in [1.29, 1.82) is 0 Å². The van der Waals surface area contributed by atoms with Gasteiger partial charge in [0.05, 0.1) is 11.9 Å². The van der Waals surface area contributed by atoms with Gasteiger partial charge in [0.15, 0.2) is 6.29 Å². The lowest BCUT2D eigenvalue weighted by Crippen LogP contribution is -2.55. The Balaban J connectivity index is 2.16. The SMILES string of the molecule is NC(=O)C1CCN1c1ccc(C=O)nc1. The second-order valence-corrected chi connectivity index (χ2v) is 3.46. The lowest BCUT2D eigenvalue weighted by atomic mass is 10.0. The van der Waals surface area contributed by atoms with Gasteiger partial charge in [-0.3, -0.25) is 14.6 Å². The summed E-state index contributed by atoms with van der Waals surface area (Å²) in [6.07, 6.45) is 3.05. The van der Waals surface area contributed by atoms with Gasteiger partial charge in [-0.25, -0.2) is 0 Å². The van der Waals surface area contributed by atoms with Gasteiger partial charge in [-0.1, -0.05) is 0 Å². The number of pyridine rings is 1. The molecule has 1 saturated heterocycles. The highest BCUT2D eigenvalue weighted by Crippen LogP contribution is 2.25. The molecule has 0 aromatic carbocycles. The number of hydrogen-bond acceptors (Lipinski definition) is 4. The molecule has 1 aromatic rings. The fourth-order valence-electron chi connectivity index (χ4n) is 1.63. The molecule has 0 aliphatic carbocycles. The Morgan fingerprint density at radius 2 is 2.40 bits per heavy atom. The van der Waals surface area contributed by atoms with Crippen LogP contribution in [0.2, 0.25) is 0 Å². The number of rotatable bonds is 3. The van der Waals surface area contributed by atoms with Crippen LogP contribution in [0.4, 0.5) is 5.69 Å². The van der Waals surface area contributed by atoms with Crippen molar-refractivity contribution in [1.82, 2.24) is 4.98 Å². The summed E-state index contributed by atoms with van der Waals surface area (Å²) in [7, 11) is 0. The lowest BCUT2D eigenvalue weighted by Gasteiger charge is -2.40. The Kier molecular flexibility index (Phi) is 2.37. The van der Waals surface area contributed by atoms with Crippen molar-refractivity contribution in [3.8, 4) is 0 Å². The number of anilines is 1. The van der Waals surface area contributed by atoms with Crippen molar-refractivity contribution in [2.45, 2.75) is 12.5 Å². The van der Waals surface area contributed by atoms with E-state index in [2.05, 4.69) is 4.98 Å². The smallest absolute Gasteiger partial charge is 0.240 e. The van der Waals surface area contributed by atoms with Gasteiger partial charge in [-0.2, -0.15) is 0 Å². The van der Waals surface area contributed by atoms with Crippen LogP contribution in [-0.4, -0.2) is 29.8 Å². The minimum atomic E-state index is -0.319. The third-order valence-electron chi connectivity index (χ3n) is 2.57. The maximum absolute atomic E-state index is 11.0. The highest BCUT2D eigenvalue weighted by Gasteiger charge is 2.32. The number of nitrogens with zero attached hydrogens (tertiary/aromatic N) is 2. The normalized spacial score (nSPS) is 19.5. The molecule has 1 amide bonds. The van der Waals surface area contributed by atoms with Gasteiger partial charge >= 0.3 is 0 Å². The second-order valence-electron chi connectivity index (χ2n) is 3.46. The van der Waals surface area contributed by atoms with Crippen molar-refractivity contribution in [3.05, 3.63) is 24.0 Å². The standard InChI is InChI=1S/C10H11N3O2/c11-10(15)9-3-4-13(9)8-2-1-7(6-14)12-5-8/h1-2,5-6,9H,3-4H2,(H2,11,15). The molecule has 2 heterocycles. The second kappa shape index (κ2) is 3.68. The largest absolute Gasteiger partial charge is 0.368 e. The molecule has 1 aromatic heterocycles. The van der Waals surface area contributed by atoms with Crippen molar-refractivity contribution < 1.29 is 9.59 Å². The molecule has 0 radical (unpaired) electrons. The summed E-state index contributed by atoms with van der Waals surface area (Å²) in [5.74, 6) is -0.319. The molecule has 15 heavy (non-hydrogen) atoms. The molecule has 0 spiro atoms. The Labute approximate surface area is 86.9 Å². The molecule has 5 heteroatoms. The number of carbonyl (C=O) groups is 2. The van der Waals surface area contributed by atoms with Crippen LogP contribution in [0, 0.1) is 0 Å². The first kappa shape index (κ1) is 9.64. The highest BCUT2D eigenvalue weighted by molar-refractivity contribution is 5.85. The summed E-state index contributed by atoms with van der Waals surface area (Å²) < 4.78 is 0. The van der Waals surface area contributed by atoms with E-state index < -0.39 is 0 Å². The number of hydrogen-bond donors (Lipinski definition) is 1. The first-order valence-electron chi connectivity index (χ1n) is 4.69. The van der Waals surface area contributed by atoms with E-state index >= 15 is 0 Å². The zero-order valence-electron chi connectivity index (χ0n) is 8.09. The molecule has 2 N–H and O–H groups in total. The van der Waals surface area contributed by atoms with Gasteiger partial charge in [0, 0.05) is 6.54 Å². The first-order chi connectivity index (χ1) is 7.22. The summed E-state index contributed by atoms with van der Waals surface area (Å²) in [6.45, 7) is 0.801. The predicted molar refractivity (Wildman–Crippen MR) is 54.6 cm³/mol. The topological polar surface area (TPSA) is 76.3 Å². The molecule has 78 valence electrons. The van der Waals surface area contributed by atoms with Crippen LogP contribution in [0.25, 0.3) is 0 Å². The van der Waals surface area contributed by atoms with E-state index in [-0.39, 0.29) is 11.9 Å². The van der Waals surface area contributed by atoms with E-state index in [9.17, 15) is 9.59 Å². The number of carbonyl (C=O) groups excluding carboxylic acids is 2. The Bertz CT molecular complexity index is 388. The molecule has 1 unspecified atom stereocenters. The third kappa shape index (κ3) is 1.68. The number of primary amides is 1. The number of aromatic nitrogens is 1. The summed E-state index contributed by atoms with van der Waals surface area (Å²) >= 11 is 0. The molecule has 1 aliphatic heterocycles. The molecule has 2 rings (SSSR count). The summed E-state index contributed by atoms with van der Waals surface area (Å²) in [6, 6.07) is 3.17. The van der Waals surface area contributed by atoms with Gasteiger partial charge in [0.2, 0.25) is 5.91 Å². The third-order valence-corrected chi connectivity index (χ3v) is 2.57. The monoisotopic (exact) mass is 205 g/mol. The van der Waals surface area contributed by atoms with E-state index in [4.69, 9.17) is 5.73 Å². The molecule has 5 nitrogen and oxygen atoms in total. The van der Waals surface area contributed by atoms with Gasteiger partial charge < -0.3 is 10.6 Å². The fourth-order valence-corrected chi connectivity index (χ4v) is 1.63. The average molecular weight is 205 g/mol. The van der Waals surface area contributed by atoms with Crippen LogP contribution in [0.1, 0.15) is 16.9 Å². The van der Waals surface area contributed by atoms with Gasteiger partial charge in [0.1, 0.15) is 11.7 Å². The molecule has 1 aliphatic rings. The van der Waals surface area contributed by atoms with Crippen molar-refractivity contribution in [3.63, 3.8) is 0 Å². The quantitative estimate of drug-likeness (QED) is 0.702. The molecule has 0 bridgehead atoms. The van der Waals surface area contributed by atoms with E-state index in [1.807, 2.05) is 4.90 Å². The van der Waals surface area contributed by atoms with Crippen molar-refractivity contribution >= 4 is 17.9 Å². The Morgan fingerprint density at radius 1 is 1.60 bits per heavy atom. The predicted octanol–water partition coefficient (Wildman–Crippen LogP) is -0.0419. The van der Waals surface area contributed by atoms with Gasteiger partial charge in [-0.05, 0) is 18.6 Å². The minimum Gasteiger partial charge on any atom is -0.368 e. The van der Waals surface area contributed by atoms with E-state index in [1.165, 1.54) is 0 Å². The van der Waals surface area contributed by atoms with Crippen LogP contribution >= 0.6 is 0 Å². The lowest BCUT2D eigenvalue weighted by molar-refractivity contribution is -0.120. The van der Waals surface area contributed by atoms with Crippen LogP contribution in [0.3, 0.4) is 0 Å². The number of aldehydes is 1. The van der Waals surface area contributed by atoms with E-state index in [0.29, 0.717) is 12.0 Å². The van der Waals surface area contributed by atoms with Gasteiger partial charge in [-0.15, -0.1) is 0 Å². The zero-order chi connectivity index (χ0) is 10.8. The number of nitrogens with two attached hydrogens (primary N) is 1. The van der Waals surface area contributed by atoms with Gasteiger partial charge in [0.25, 0.3) is 0 Å². The average Bonchev–Trinajstić information content (AvgIpc) is 2.16. The fraction of sp³-hybridized carbons (Fsp3) is 0.300. The van der Waals surface area contributed by atoms with Crippen LogP contribution in [0.5, 0.6) is 0 Å². The molecule has 0 saturated carbocycles. The van der Waals surface area contributed by atoms with Crippen molar-refractivity contribution in [2.75, 3.05) is 11.4 Å². The minimum absolute atomic E-state index is 0.228. The summed E-state index contributed by atoms with van der Waals surface area (Å²) in [5, 5.41) is 0. The van der Waals surface area contributed by atoms with Crippen LogP contribution in [-0.2, 0) is 4.79 Å². The Hall–Kier alpha value is -1.91. The highest BCUT2D eigenvalue weighted by atomic mass is 16.1. The number of amides is 1. The molecule has 1 fully saturated rings. The molecular weight excluding hydrogens is 194 g/mol. The molecular formula is C10H11N3O2. The maximum atomic E-state index is 11.0. The molecule has 1 atom stereocenters.